The van der Waals surface area contributed by atoms with Gasteiger partial charge in [0.25, 0.3) is 0 Å². The number of hydrogen-bond acceptors (Lipinski definition) is 5. The molecule has 2 rings (SSSR count). The summed E-state index contributed by atoms with van der Waals surface area (Å²) >= 11 is 1.24. The molecule has 2 N–H and O–H groups in total. The van der Waals surface area contributed by atoms with Gasteiger partial charge in [-0.25, -0.2) is 4.79 Å². The van der Waals surface area contributed by atoms with Gasteiger partial charge >= 0.3 is 6.03 Å². The number of carbonyl (C=O) groups excluding carboxylic acids is 2. The van der Waals surface area contributed by atoms with Gasteiger partial charge in [0.15, 0.2) is 11.0 Å². The summed E-state index contributed by atoms with van der Waals surface area (Å²) in [6.07, 6.45) is 1.54. The molecule has 132 valence electrons. The van der Waals surface area contributed by atoms with E-state index in [1.54, 1.807) is 0 Å². The van der Waals surface area contributed by atoms with E-state index in [0.29, 0.717) is 18.2 Å². The maximum atomic E-state index is 11.8. The first-order valence-electron chi connectivity index (χ1n) is 7.86. The van der Waals surface area contributed by atoms with Gasteiger partial charge in [-0.1, -0.05) is 41.6 Å². The molecule has 0 radical (unpaired) electrons. The van der Waals surface area contributed by atoms with E-state index in [-0.39, 0.29) is 5.75 Å². The lowest BCUT2D eigenvalue weighted by Gasteiger charge is -2.08. The second kappa shape index (κ2) is 9.03. The molecule has 1 aromatic heterocycles. The molecule has 25 heavy (non-hydrogen) atoms. The summed E-state index contributed by atoms with van der Waals surface area (Å²) < 4.78 is 1.95. The van der Waals surface area contributed by atoms with Crippen molar-refractivity contribution in [2.24, 2.45) is 0 Å². The van der Waals surface area contributed by atoms with Crippen LogP contribution in [0.15, 0.2) is 42.1 Å². The fourth-order valence-electron chi connectivity index (χ4n) is 2.18. The lowest BCUT2D eigenvalue weighted by atomic mass is 10.1. The lowest BCUT2D eigenvalue weighted by Crippen LogP contribution is -2.40. The Morgan fingerprint density at radius 1 is 1.36 bits per heavy atom. The number of hydrogen-bond donors (Lipinski definition) is 2. The van der Waals surface area contributed by atoms with Crippen LogP contribution in [-0.4, -0.2) is 39.0 Å². The molecular weight excluding hydrogens is 338 g/mol. The minimum atomic E-state index is -0.539. The van der Waals surface area contributed by atoms with Crippen LogP contribution in [0.5, 0.6) is 0 Å². The van der Waals surface area contributed by atoms with E-state index >= 15 is 0 Å². The second-order valence-corrected chi connectivity index (χ2v) is 6.20. The van der Waals surface area contributed by atoms with E-state index in [9.17, 15) is 9.59 Å². The number of nitrogens with one attached hydrogen (secondary N) is 2. The third-order valence-electron chi connectivity index (χ3n) is 3.30. The van der Waals surface area contributed by atoms with Crippen LogP contribution in [0.2, 0.25) is 0 Å². The van der Waals surface area contributed by atoms with Crippen molar-refractivity contribution in [3.05, 3.63) is 42.5 Å². The smallest absolute Gasteiger partial charge is 0.321 e. The van der Waals surface area contributed by atoms with Gasteiger partial charge in [0.05, 0.1) is 5.75 Å². The summed E-state index contributed by atoms with van der Waals surface area (Å²) in [5.74, 6) is 0.445. The molecule has 0 bridgehead atoms. The first-order chi connectivity index (χ1) is 12.0. The quantitative estimate of drug-likeness (QED) is 0.585. The Morgan fingerprint density at radius 2 is 2.16 bits per heavy atom. The average molecular weight is 359 g/mol. The van der Waals surface area contributed by atoms with Crippen LogP contribution in [0.25, 0.3) is 11.4 Å². The third-order valence-corrected chi connectivity index (χ3v) is 4.27. The number of aryl methyl sites for hydroxylation is 1. The Bertz CT molecular complexity index is 772. The Labute approximate surface area is 150 Å². The van der Waals surface area contributed by atoms with E-state index in [1.165, 1.54) is 17.8 Å². The summed E-state index contributed by atoms with van der Waals surface area (Å²) in [5, 5.41) is 13.8. The van der Waals surface area contributed by atoms with Gasteiger partial charge in [0.1, 0.15) is 0 Å². The minimum Gasteiger partial charge on any atom is -0.334 e. The first-order valence-corrected chi connectivity index (χ1v) is 8.85. The molecule has 1 heterocycles. The Morgan fingerprint density at radius 3 is 2.84 bits per heavy atom. The Kier molecular flexibility index (Phi) is 6.76. The fraction of sp³-hybridized carbons (Fsp3) is 0.294. The van der Waals surface area contributed by atoms with Crippen molar-refractivity contribution in [3.63, 3.8) is 0 Å². The molecule has 8 heteroatoms. The zero-order valence-corrected chi connectivity index (χ0v) is 15.1. The van der Waals surface area contributed by atoms with Gasteiger partial charge in [-0.05, 0) is 19.9 Å². The number of urea groups is 1. The molecular formula is C17H21N5O2S. The number of carbonyl (C=O) groups is 2. The van der Waals surface area contributed by atoms with Gasteiger partial charge in [-0.3, -0.25) is 10.1 Å². The van der Waals surface area contributed by atoms with E-state index in [1.807, 2.05) is 42.7 Å². The fourth-order valence-corrected chi connectivity index (χ4v) is 2.98. The lowest BCUT2D eigenvalue weighted by molar-refractivity contribution is -0.117. The van der Waals surface area contributed by atoms with E-state index in [2.05, 4.69) is 27.4 Å². The van der Waals surface area contributed by atoms with Gasteiger partial charge in [0.2, 0.25) is 5.91 Å². The van der Waals surface area contributed by atoms with Crippen LogP contribution in [0.1, 0.15) is 12.5 Å². The van der Waals surface area contributed by atoms with Crippen LogP contribution >= 0.6 is 11.8 Å². The molecule has 0 saturated heterocycles. The molecule has 2 aromatic rings. The van der Waals surface area contributed by atoms with Crippen LogP contribution in [-0.2, 0) is 11.3 Å². The molecule has 3 amide bonds. The van der Waals surface area contributed by atoms with Crippen LogP contribution in [0.3, 0.4) is 0 Å². The number of rotatable bonds is 7. The number of thioether (sulfide) groups is 1. The molecule has 0 unspecified atom stereocenters. The normalized spacial score (nSPS) is 10.3. The van der Waals surface area contributed by atoms with E-state index in [0.717, 1.165) is 17.0 Å². The van der Waals surface area contributed by atoms with Gasteiger partial charge in [0, 0.05) is 18.7 Å². The molecule has 7 nitrogen and oxygen atoms in total. The van der Waals surface area contributed by atoms with Crippen LogP contribution < -0.4 is 10.6 Å². The van der Waals surface area contributed by atoms with Gasteiger partial charge in [-0.2, -0.15) is 0 Å². The molecule has 0 aliphatic rings. The zero-order valence-electron chi connectivity index (χ0n) is 14.3. The van der Waals surface area contributed by atoms with E-state index in [4.69, 9.17) is 0 Å². The Balaban J connectivity index is 2.02. The largest absolute Gasteiger partial charge is 0.334 e. The maximum Gasteiger partial charge on any atom is 0.321 e. The highest BCUT2D eigenvalue weighted by Gasteiger charge is 2.15. The van der Waals surface area contributed by atoms with Crippen molar-refractivity contribution < 1.29 is 9.59 Å². The van der Waals surface area contributed by atoms with E-state index < -0.39 is 11.9 Å². The number of nitrogens with zero attached hydrogens (tertiary/aromatic N) is 3. The van der Waals surface area contributed by atoms with Gasteiger partial charge < -0.3 is 9.88 Å². The average Bonchev–Trinajstić information content (AvgIpc) is 3.01. The zero-order chi connectivity index (χ0) is 18.2. The highest BCUT2D eigenvalue weighted by molar-refractivity contribution is 7.99. The molecule has 0 atom stereocenters. The SMILES string of the molecule is C=CCNC(=O)NC(=O)CSc1nnc(-c2cccc(C)c2)n1CC. The maximum absolute atomic E-state index is 11.8. The number of benzene rings is 1. The summed E-state index contributed by atoms with van der Waals surface area (Å²) in [5.41, 5.74) is 2.12. The predicted octanol–water partition coefficient (Wildman–Crippen LogP) is 2.38. The molecule has 0 saturated carbocycles. The molecule has 0 aliphatic heterocycles. The number of aromatic nitrogens is 3. The highest BCUT2D eigenvalue weighted by atomic mass is 32.2. The first kappa shape index (κ1) is 18.7. The van der Waals surface area contributed by atoms with Crippen molar-refractivity contribution in [2.45, 2.75) is 25.5 Å². The standard InChI is InChI=1S/C17H21N5O2S/c1-4-9-18-16(24)19-14(23)11-25-17-21-20-15(22(17)5-2)13-8-6-7-12(3)10-13/h4,6-8,10H,1,5,9,11H2,2-3H3,(H2,18,19,23,24). The minimum absolute atomic E-state index is 0.0768. The molecule has 0 fully saturated rings. The van der Waals surface area contributed by atoms with Crippen molar-refractivity contribution in [3.8, 4) is 11.4 Å². The second-order valence-electron chi connectivity index (χ2n) is 5.26. The highest BCUT2D eigenvalue weighted by Crippen LogP contribution is 2.24. The Hall–Kier alpha value is -2.61. The number of imide groups is 1. The van der Waals surface area contributed by atoms with Crippen LogP contribution in [0.4, 0.5) is 4.79 Å². The summed E-state index contributed by atoms with van der Waals surface area (Å²) in [6.45, 7) is 8.49. The van der Waals surface area contributed by atoms with Gasteiger partial charge in [-0.15, -0.1) is 16.8 Å². The molecule has 0 spiro atoms. The summed E-state index contributed by atoms with van der Waals surface area (Å²) in [6, 6.07) is 7.48. The third kappa shape index (κ3) is 5.18. The van der Waals surface area contributed by atoms with Crippen molar-refractivity contribution in [1.29, 1.82) is 0 Å². The number of amides is 3. The van der Waals surface area contributed by atoms with Crippen molar-refractivity contribution >= 4 is 23.7 Å². The topological polar surface area (TPSA) is 88.9 Å². The van der Waals surface area contributed by atoms with Crippen molar-refractivity contribution in [2.75, 3.05) is 12.3 Å². The summed E-state index contributed by atoms with van der Waals surface area (Å²) in [4.78, 5) is 23.3. The monoisotopic (exact) mass is 359 g/mol. The van der Waals surface area contributed by atoms with Crippen molar-refractivity contribution in [1.82, 2.24) is 25.4 Å². The predicted molar refractivity (Wildman–Crippen MR) is 98.3 cm³/mol. The van der Waals surface area contributed by atoms with Crippen LogP contribution in [0, 0.1) is 6.92 Å². The molecule has 1 aromatic carbocycles. The summed E-state index contributed by atoms with van der Waals surface area (Å²) in [7, 11) is 0. The molecule has 0 aliphatic carbocycles.